The Labute approximate surface area is 200 Å². The SMILES string of the molecule is CN(C)C(=O)CC(c1ccc(OC(F)F)c(OCC2CC2)c1)N1Cc2cccc([N+](=O)[O-])c2C1=O. The normalized spacial score (nSPS) is 15.7. The highest BCUT2D eigenvalue weighted by molar-refractivity contribution is 6.02. The first kappa shape index (κ1) is 24.4. The van der Waals surface area contributed by atoms with E-state index in [1.807, 2.05) is 0 Å². The van der Waals surface area contributed by atoms with Crippen LogP contribution in [0.2, 0.25) is 0 Å². The second-order valence-corrected chi connectivity index (χ2v) is 8.85. The molecule has 1 fully saturated rings. The van der Waals surface area contributed by atoms with Crippen molar-refractivity contribution >= 4 is 17.5 Å². The summed E-state index contributed by atoms with van der Waals surface area (Å²) in [5.41, 5.74) is 0.635. The Morgan fingerprint density at radius 2 is 1.97 bits per heavy atom. The fraction of sp³-hybridized carbons (Fsp3) is 0.417. The number of ether oxygens (including phenoxy) is 2. The van der Waals surface area contributed by atoms with Gasteiger partial charge in [0.15, 0.2) is 11.5 Å². The van der Waals surface area contributed by atoms with Gasteiger partial charge in [-0.1, -0.05) is 18.2 Å². The molecule has 2 aromatic rings. The lowest BCUT2D eigenvalue weighted by molar-refractivity contribution is -0.385. The van der Waals surface area contributed by atoms with Crippen LogP contribution in [0.5, 0.6) is 11.5 Å². The van der Waals surface area contributed by atoms with Crippen molar-refractivity contribution < 1.29 is 32.8 Å². The van der Waals surface area contributed by atoms with Crippen molar-refractivity contribution in [2.24, 2.45) is 5.92 Å². The van der Waals surface area contributed by atoms with Gasteiger partial charge in [-0.3, -0.25) is 19.7 Å². The second kappa shape index (κ2) is 9.85. The summed E-state index contributed by atoms with van der Waals surface area (Å²) in [5, 5.41) is 11.5. The molecule has 2 aliphatic rings. The van der Waals surface area contributed by atoms with Gasteiger partial charge in [0.1, 0.15) is 5.56 Å². The molecule has 0 saturated heterocycles. The van der Waals surface area contributed by atoms with E-state index in [0.29, 0.717) is 23.7 Å². The number of benzene rings is 2. The predicted octanol–water partition coefficient (Wildman–Crippen LogP) is 4.16. The fourth-order valence-corrected chi connectivity index (χ4v) is 4.05. The molecule has 2 amide bonds. The third kappa shape index (κ3) is 5.33. The Bertz CT molecular complexity index is 1150. The van der Waals surface area contributed by atoms with E-state index in [0.717, 1.165) is 12.8 Å². The Morgan fingerprint density at radius 3 is 2.60 bits per heavy atom. The molecular weight excluding hydrogens is 464 g/mol. The van der Waals surface area contributed by atoms with E-state index < -0.39 is 23.5 Å². The first-order chi connectivity index (χ1) is 16.7. The molecule has 0 aromatic heterocycles. The maximum Gasteiger partial charge on any atom is 0.387 e. The summed E-state index contributed by atoms with van der Waals surface area (Å²) in [6.45, 7) is -2.65. The molecule has 1 unspecified atom stereocenters. The molecular formula is C24H25F2N3O6. The summed E-state index contributed by atoms with van der Waals surface area (Å²) in [6, 6.07) is 7.92. The zero-order valence-corrected chi connectivity index (χ0v) is 19.3. The largest absolute Gasteiger partial charge is 0.489 e. The van der Waals surface area contributed by atoms with Gasteiger partial charge in [-0.25, -0.2) is 0 Å². The number of nitro groups is 1. The van der Waals surface area contributed by atoms with E-state index in [4.69, 9.17) is 4.74 Å². The van der Waals surface area contributed by atoms with Gasteiger partial charge in [-0.2, -0.15) is 8.78 Å². The maximum atomic E-state index is 13.4. The summed E-state index contributed by atoms with van der Waals surface area (Å²) < 4.78 is 36.3. The number of carbonyl (C=O) groups excluding carboxylic acids is 2. The van der Waals surface area contributed by atoms with Crippen LogP contribution in [0.3, 0.4) is 0 Å². The van der Waals surface area contributed by atoms with E-state index in [-0.39, 0.29) is 41.6 Å². The highest BCUT2D eigenvalue weighted by Crippen LogP contribution is 2.41. The molecule has 0 radical (unpaired) electrons. The zero-order valence-electron chi connectivity index (χ0n) is 19.3. The molecule has 1 saturated carbocycles. The van der Waals surface area contributed by atoms with Gasteiger partial charge in [0.25, 0.3) is 11.6 Å². The van der Waals surface area contributed by atoms with Crippen LogP contribution in [0, 0.1) is 16.0 Å². The molecule has 0 N–H and O–H groups in total. The molecule has 1 aliphatic heterocycles. The molecule has 0 spiro atoms. The Balaban J connectivity index is 1.72. The number of amides is 2. The van der Waals surface area contributed by atoms with Crippen molar-refractivity contribution in [3.05, 3.63) is 63.2 Å². The molecule has 186 valence electrons. The number of nitrogens with zero attached hydrogens (tertiary/aromatic N) is 3. The van der Waals surface area contributed by atoms with Gasteiger partial charge in [0, 0.05) is 26.7 Å². The van der Waals surface area contributed by atoms with Gasteiger partial charge in [0.2, 0.25) is 5.91 Å². The quantitative estimate of drug-likeness (QED) is 0.367. The van der Waals surface area contributed by atoms with Gasteiger partial charge >= 0.3 is 6.61 Å². The van der Waals surface area contributed by atoms with Crippen LogP contribution in [-0.2, 0) is 11.3 Å². The average molecular weight is 489 g/mol. The summed E-state index contributed by atoms with van der Waals surface area (Å²) in [7, 11) is 3.16. The monoisotopic (exact) mass is 489 g/mol. The Kier molecular flexibility index (Phi) is 6.86. The van der Waals surface area contributed by atoms with Crippen molar-refractivity contribution in [2.45, 2.75) is 38.5 Å². The number of rotatable bonds is 10. The number of carbonyl (C=O) groups is 2. The lowest BCUT2D eigenvalue weighted by Gasteiger charge is -2.29. The van der Waals surface area contributed by atoms with E-state index >= 15 is 0 Å². The summed E-state index contributed by atoms with van der Waals surface area (Å²) in [4.78, 5) is 39.7. The van der Waals surface area contributed by atoms with Crippen LogP contribution in [0.25, 0.3) is 0 Å². The molecule has 1 aliphatic carbocycles. The van der Waals surface area contributed by atoms with Crippen LogP contribution in [-0.4, -0.2) is 53.9 Å². The van der Waals surface area contributed by atoms with Crippen molar-refractivity contribution in [2.75, 3.05) is 20.7 Å². The van der Waals surface area contributed by atoms with E-state index in [1.54, 1.807) is 20.2 Å². The second-order valence-electron chi connectivity index (χ2n) is 8.85. The molecule has 11 heteroatoms. The highest BCUT2D eigenvalue weighted by atomic mass is 19.3. The van der Waals surface area contributed by atoms with Crippen molar-refractivity contribution in [1.82, 2.24) is 9.80 Å². The van der Waals surface area contributed by atoms with Crippen LogP contribution in [0.15, 0.2) is 36.4 Å². The van der Waals surface area contributed by atoms with Crippen molar-refractivity contribution in [1.29, 1.82) is 0 Å². The van der Waals surface area contributed by atoms with Gasteiger partial charge in [-0.05, 0) is 42.0 Å². The van der Waals surface area contributed by atoms with Crippen LogP contribution >= 0.6 is 0 Å². The smallest absolute Gasteiger partial charge is 0.387 e. The third-order valence-corrected chi connectivity index (χ3v) is 6.12. The minimum Gasteiger partial charge on any atom is -0.489 e. The first-order valence-corrected chi connectivity index (χ1v) is 11.1. The van der Waals surface area contributed by atoms with Crippen molar-refractivity contribution in [3.8, 4) is 11.5 Å². The van der Waals surface area contributed by atoms with Gasteiger partial charge in [-0.15, -0.1) is 0 Å². The third-order valence-electron chi connectivity index (χ3n) is 6.12. The van der Waals surface area contributed by atoms with Crippen LogP contribution in [0.4, 0.5) is 14.5 Å². The fourth-order valence-electron chi connectivity index (χ4n) is 4.05. The number of halogens is 2. The standard InChI is InChI=1S/C24H25F2N3O6/c1-27(2)21(30)11-18(28-12-16-4-3-5-17(29(32)33)22(16)23(28)31)15-8-9-19(35-24(25)26)20(10-15)34-13-14-6-7-14/h3-5,8-10,14,18,24H,6-7,11-13H2,1-2H3. The lowest BCUT2D eigenvalue weighted by atomic mass is 10.0. The summed E-state index contributed by atoms with van der Waals surface area (Å²) in [6.07, 6.45) is 1.87. The van der Waals surface area contributed by atoms with Crippen LogP contribution < -0.4 is 9.47 Å². The molecule has 35 heavy (non-hydrogen) atoms. The van der Waals surface area contributed by atoms with Gasteiger partial charge < -0.3 is 19.3 Å². The van der Waals surface area contributed by atoms with E-state index in [2.05, 4.69) is 4.74 Å². The van der Waals surface area contributed by atoms with Crippen molar-refractivity contribution in [3.63, 3.8) is 0 Å². The zero-order chi connectivity index (χ0) is 25.3. The van der Waals surface area contributed by atoms with E-state index in [1.165, 1.54) is 40.1 Å². The Morgan fingerprint density at radius 1 is 1.23 bits per heavy atom. The lowest BCUT2D eigenvalue weighted by Crippen LogP contribution is -2.34. The molecule has 1 heterocycles. The summed E-state index contributed by atoms with van der Waals surface area (Å²) >= 11 is 0. The number of alkyl halides is 2. The van der Waals surface area contributed by atoms with E-state index in [9.17, 15) is 28.5 Å². The topological polar surface area (TPSA) is 102 Å². The van der Waals surface area contributed by atoms with Crippen LogP contribution in [0.1, 0.15) is 46.8 Å². The number of nitro benzene ring substituents is 1. The molecule has 9 nitrogen and oxygen atoms in total. The molecule has 0 bridgehead atoms. The minimum atomic E-state index is -3.05. The predicted molar refractivity (Wildman–Crippen MR) is 120 cm³/mol. The Hall–Kier alpha value is -3.76. The van der Waals surface area contributed by atoms with Gasteiger partial charge in [0.05, 0.1) is 24.0 Å². The highest BCUT2D eigenvalue weighted by Gasteiger charge is 2.39. The molecule has 4 rings (SSSR count). The number of hydrogen-bond donors (Lipinski definition) is 0. The number of fused-ring (bicyclic) bond motifs is 1. The minimum absolute atomic E-state index is 0.0114. The molecule has 1 atom stereocenters. The summed E-state index contributed by atoms with van der Waals surface area (Å²) in [5.74, 6) is -0.556. The number of hydrogen-bond acceptors (Lipinski definition) is 6. The maximum absolute atomic E-state index is 13.4. The first-order valence-electron chi connectivity index (χ1n) is 11.1. The molecule has 2 aromatic carbocycles. The average Bonchev–Trinajstić information content (AvgIpc) is 3.58.